The largest absolute Gasteiger partial charge is 0.481 e. The summed E-state index contributed by atoms with van der Waals surface area (Å²) in [6, 6.07) is 0. The molecule has 4 nitrogen and oxygen atoms in total. The highest BCUT2D eigenvalue weighted by Crippen LogP contribution is 2.10. The van der Waals surface area contributed by atoms with E-state index in [-0.39, 0.29) is 12.5 Å². The molecule has 0 amide bonds. The molecule has 1 aliphatic heterocycles. The molecule has 4 heteroatoms. The number of carboxylic acid groups (broad SMARTS) is 1. The Hall–Kier alpha value is -0.610. The van der Waals surface area contributed by atoms with Crippen molar-refractivity contribution in [3.63, 3.8) is 0 Å². The minimum absolute atomic E-state index is 0.111. The van der Waals surface area contributed by atoms with Gasteiger partial charge in [0.1, 0.15) is 0 Å². The fourth-order valence-corrected chi connectivity index (χ4v) is 1.34. The Kier molecular flexibility index (Phi) is 7.42. The molecular formula is C10H21NO3. The molecule has 0 aliphatic carbocycles. The average Bonchev–Trinajstić information content (AvgIpc) is 2.54. The van der Waals surface area contributed by atoms with E-state index in [2.05, 4.69) is 4.90 Å². The van der Waals surface area contributed by atoms with Crippen LogP contribution in [0.5, 0.6) is 0 Å². The van der Waals surface area contributed by atoms with Gasteiger partial charge in [-0.1, -0.05) is 13.8 Å². The number of hydrogen-bond acceptors (Lipinski definition) is 3. The summed E-state index contributed by atoms with van der Waals surface area (Å²) >= 11 is 0. The molecule has 1 saturated heterocycles. The smallest absolute Gasteiger partial charge is 0.305 e. The molecule has 1 aliphatic rings. The van der Waals surface area contributed by atoms with Crippen LogP contribution in [-0.2, 0) is 9.53 Å². The Balaban J connectivity index is 0.000000791. The van der Waals surface area contributed by atoms with Gasteiger partial charge in [-0.2, -0.15) is 0 Å². The predicted octanol–water partition coefficient (Wildman–Crippen LogP) is 1.21. The van der Waals surface area contributed by atoms with Gasteiger partial charge in [0, 0.05) is 13.1 Å². The standard InChI is InChI=1S/C8H15NO3.C2H6/c1-9-4-2-7(6-9)12-5-3-8(10)11;1-2/h7H,2-6H2,1H3,(H,10,11);1-2H3. The molecule has 0 aromatic heterocycles. The van der Waals surface area contributed by atoms with E-state index >= 15 is 0 Å². The summed E-state index contributed by atoms with van der Waals surface area (Å²) < 4.78 is 5.36. The molecule has 0 saturated carbocycles. The molecule has 1 fully saturated rings. The molecule has 0 aromatic carbocycles. The third-order valence-corrected chi connectivity index (χ3v) is 2.02. The second kappa shape index (κ2) is 7.76. The second-order valence-electron chi connectivity index (χ2n) is 3.19. The number of aliphatic carboxylic acids is 1. The highest BCUT2D eigenvalue weighted by molar-refractivity contribution is 5.66. The van der Waals surface area contributed by atoms with Gasteiger partial charge >= 0.3 is 5.97 Å². The first-order chi connectivity index (χ1) is 6.68. The average molecular weight is 203 g/mol. The molecule has 1 N–H and O–H groups in total. The van der Waals surface area contributed by atoms with Crippen molar-refractivity contribution < 1.29 is 14.6 Å². The third kappa shape index (κ3) is 5.94. The summed E-state index contributed by atoms with van der Waals surface area (Å²) in [4.78, 5) is 12.3. The minimum Gasteiger partial charge on any atom is -0.481 e. The summed E-state index contributed by atoms with van der Waals surface area (Å²) in [7, 11) is 2.04. The molecule has 14 heavy (non-hydrogen) atoms. The maximum absolute atomic E-state index is 10.1. The topological polar surface area (TPSA) is 49.8 Å². The molecule has 84 valence electrons. The van der Waals surface area contributed by atoms with Gasteiger partial charge < -0.3 is 14.7 Å². The van der Waals surface area contributed by atoms with Crippen molar-refractivity contribution in [3.05, 3.63) is 0 Å². The Morgan fingerprint density at radius 3 is 2.64 bits per heavy atom. The van der Waals surface area contributed by atoms with Crippen LogP contribution in [0.3, 0.4) is 0 Å². The Bertz CT molecular complexity index is 161. The number of hydrogen-bond donors (Lipinski definition) is 1. The molecule has 0 radical (unpaired) electrons. The van der Waals surface area contributed by atoms with Gasteiger partial charge in [-0.25, -0.2) is 0 Å². The highest BCUT2D eigenvalue weighted by Gasteiger charge is 2.19. The fourth-order valence-electron chi connectivity index (χ4n) is 1.34. The third-order valence-electron chi connectivity index (χ3n) is 2.02. The zero-order valence-corrected chi connectivity index (χ0v) is 9.32. The number of carboxylic acids is 1. The van der Waals surface area contributed by atoms with Crippen LogP contribution in [0.4, 0.5) is 0 Å². The molecule has 1 unspecified atom stereocenters. The lowest BCUT2D eigenvalue weighted by atomic mass is 10.3. The number of rotatable bonds is 4. The van der Waals surface area contributed by atoms with Crippen molar-refractivity contribution in [3.8, 4) is 0 Å². The Morgan fingerprint density at radius 2 is 2.21 bits per heavy atom. The number of likely N-dealkylation sites (tertiary alicyclic amines) is 1. The van der Waals surface area contributed by atoms with Crippen LogP contribution in [0.25, 0.3) is 0 Å². The zero-order chi connectivity index (χ0) is 11.0. The molecule has 0 bridgehead atoms. The van der Waals surface area contributed by atoms with Crippen molar-refractivity contribution in [2.24, 2.45) is 0 Å². The van der Waals surface area contributed by atoms with Crippen LogP contribution < -0.4 is 0 Å². The SMILES string of the molecule is CC.CN1CCC(OCCC(=O)O)C1. The van der Waals surface area contributed by atoms with Gasteiger partial charge in [0.05, 0.1) is 19.1 Å². The van der Waals surface area contributed by atoms with Gasteiger partial charge in [-0.15, -0.1) is 0 Å². The highest BCUT2D eigenvalue weighted by atomic mass is 16.5. The normalized spacial score (nSPS) is 21.5. The number of carbonyl (C=O) groups is 1. The Morgan fingerprint density at radius 1 is 1.57 bits per heavy atom. The molecular weight excluding hydrogens is 182 g/mol. The monoisotopic (exact) mass is 203 g/mol. The van der Waals surface area contributed by atoms with E-state index in [1.807, 2.05) is 20.9 Å². The van der Waals surface area contributed by atoms with Crippen molar-refractivity contribution in [1.29, 1.82) is 0 Å². The second-order valence-corrected chi connectivity index (χ2v) is 3.19. The minimum atomic E-state index is -0.790. The Labute approximate surface area is 85.9 Å². The lowest BCUT2D eigenvalue weighted by Crippen LogP contribution is -2.20. The van der Waals surface area contributed by atoms with E-state index in [0.29, 0.717) is 6.61 Å². The zero-order valence-electron chi connectivity index (χ0n) is 9.32. The van der Waals surface area contributed by atoms with Gasteiger partial charge in [0.15, 0.2) is 0 Å². The van der Waals surface area contributed by atoms with Crippen molar-refractivity contribution in [2.75, 3.05) is 26.7 Å². The first kappa shape index (κ1) is 13.4. The summed E-state index contributed by atoms with van der Waals surface area (Å²) in [5.74, 6) is -0.790. The molecule has 0 spiro atoms. The van der Waals surface area contributed by atoms with Gasteiger partial charge in [0.25, 0.3) is 0 Å². The van der Waals surface area contributed by atoms with Crippen molar-refractivity contribution >= 4 is 5.97 Å². The summed E-state index contributed by atoms with van der Waals surface area (Å²) in [5.41, 5.74) is 0. The van der Waals surface area contributed by atoms with Gasteiger partial charge in [-0.3, -0.25) is 4.79 Å². The first-order valence-electron chi connectivity index (χ1n) is 5.20. The van der Waals surface area contributed by atoms with E-state index in [1.54, 1.807) is 0 Å². The van der Waals surface area contributed by atoms with Crippen molar-refractivity contribution in [2.45, 2.75) is 32.8 Å². The van der Waals surface area contributed by atoms with E-state index in [1.165, 1.54) is 0 Å². The van der Waals surface area contributed by atoms with E-state index in [0.717, 1.165) is 19.5 Å². The predicted molar refractivity (Wildman–Crippen MR) is 55.5 cm³/mol. The first-order valence-corrected chi connectivity index (χ1v) is 5.20. The number of nitrogens with zero attached hydrogens (tertiary/aromatic N) is 1. The quantitative estimate of drug-likeness (QED) is 0.746. The van der Waals surface area contributed by atoms with Crippen LogP contribution in [0.2, 0.25) is 0 Å². The number of ether oxygens (including phenoxy) is 1. The molecule has 1 atom stereocenters. The van der Waals surface area contributed by atoms with Crippen molar-refractivity contribution in [1.82, 2.24) is 4.90 Å². The van der Waals surface area contributed by atoms with Crippen LogP contribution >= 0.6 is 0 Å². The summed E-state index contributed by atoms with van der Waals surface area (Å²) in [6.07, 6.45) is 1.38. The van der Waals surface area contributed by atoms with E-state index in [9.17, 15) is 4.79 Å². The molecule has 1 rings (SSSR count). The van der Waals surface area contributed by atoms with Crippen LogP contribution in [0, 0.1) is 0 Å². The molecule has 1 heterocycles. The van der Waals surface area contributed by atoms with Crippen LogP contribution in [-0.4, -0.2) is 48.8 Å². The summed E-state index contributed by atoms with van der Waals surface area (Å²) in [6.45, 7) is 6.32. The lowest BCUT2D eigenvalue weighted by molar-refractivity contribution is -0.138. The maximum atomic E-state index is 10.1. The van der Waals surface area contributed by atoms with E-state index in [4.69, 9.17) is 9.84 Å². The van der Waals surface area contributed by atoms with Crippen LogP contribution in [0.1, 0.15) is 26.7 Å². The maximum Gasteiger partial charge on any atom is 0.305 e. The number of likely N-dealkylation sites (N-methyl/N-ethyl adjacent to an activating group) is 1. The summed E-state index contributed by atoms with van der Waals surface area (Å²) in [5, 5.41) is 8.35. The van der Waals surface area contributed by atoms with Gasteiger partial charge in [-0.05, 0) is 13.5 Å². The lowest BCUT2D eigenvalue weighted by Gasteiger charge is -2.10. The van der Waals surface area contributed by atoms with E-state index < -0.39 is 5.97 Å². The fraction of sp³-hybridized carbons (Fsp3) is 0.900. The van der Waals surface area contributed by atoms with Gasteiger partial charge in [0.2, 0.25) is 0 Å². The molecule has 0 aromatic rings. The van der Waals surface area contributed by atoms with Crippen LogP contribution in [0.15, 0.2) is 0 Å².